The molecule has 2 aliphatic carbocycles. The van der Waals surface area contributed by atoms with Crippen LogP contribution in [0.15, 0.2) is 58.6 Å². The summed E-state index contributed by atoms with van der Waals surface area (Å²) in [6.07, 6.45) is 4.67. The van der Waals surface area contributed by atoms with E-state index in [9.17, 15) is 0 Å². The Bertz CT molecular complexity index is 1150. The van der Waals surface area contributed by atoms with Crippen LogP contribution in [0.2, 0.25) is 0 Å². The average molecular weight is 403 g/mol. The monoisotopic (exact) mass is 402 g/mol. The van der Waals surface area contributed by atoms with Crippen LogP contribution in [0, 0.1) is 0 Å². The van der Waals surface area contributed by atoms with E-state index in [4.69, 9.17) is 9.51 Å². The van der Waals surface area contributed by atoms with Crippen LogP contribution in [0.25, 0.3) is 21.7 Å². The molecule has 2 heterocycles. The van der Waals surface area contributed by atoms with Crippen molar-refractivity contribution in [3.05, 3.63) is 65.4 Å². The van der Waals surface area contributed by atoms with E-state index in [-0.39, 0.29) is 5.41 Å². The van der Waals surface area contributed by atoms with Crippen molar-refractivity contribution < 1.29 is 4.52 Å². The number of rotatable bonds is 6. The lowest BCUT2D eigenvalue weighted by Crippen LogP contribution is -2.45. The van der Waals surface area contributed by atoms with Gasteiger partial charge in [-0.3, -0.25) is 0 Å². The van der Waals surface area contributed by atoms with Gasteiger partial charge in [0.15, 0.2) is 5.82 Å². The van der Waals surface area contributed by atoms with E-state index in [1.165, 1.54) is 23.1 Å². The third-order valence-corrected chi connectivity index (χ3v) is 7.32. The summed E-state index contributed by atoms with van der Waals surface area (Å²) in [6, 6.07) is 17.5. The largest absolute Gasteiger partial charge is 0.334 e. The Morgan fingerprint density at radius 1 is 1.14 bits per heavy atom. The SMILES string of the molecule is c1ccc(C2CC2NCC2(c3noc(-c4ccc5scnc5c4)n3)CCC2)cc1. The van der Waals surface area contributed by atoms with E-state index < -0.39 is 0 Å². The van der Waals surface area contributed by atoms with Gasteiger partial charge < -0.3 is 9.84 Å². The van der Waals surface area contributed by atoms with E-state index in [0.717, 1.165) is 36.3 Å². The quantitative estimate of drug-likeness (QED) is 0.496. The molecule has 2 saturated carbocycles. The first-order valence-corrected chi connectivity index (χ1v) is 11.1. The van der Waals surface area contributed by atoms with Gasteiger partial charge in [-0.2, -0.15) is 4.98 Å². The molecule has 0 bridgehead atoms. The highest BCUT2D eigenvalue weighted by atomic mass is 32.1. The summed E-state index contributed by atoms with van der Waals surface area (Å²) in [6.45, 7) is 0.922. The molecule has 4 aromatic rings. The first-order valence-electron chi connectivity index (χ1n) is 10.3. The Labute approximate surface area is 173 Å². The molecule has 0 saturated heterocycles. The molecule has 2 aliphatic rings. The first-order chi connectivity index (χ1) is 14.3. The Morgan fingerprint density at radius 3 is 2.86 bits per heavy atom. The zero-order chi connectivity index (χ0) is 19.3. The summed E-state index contributed by atoms with van der Waals surface area (Å²) in [5.74, 6) is 2.08. The number of aromatic nitrogens is 3. The van der Waals surface area contributed by atoms with Crippen LogP contribution in [-0.4, -0.2) is 27.7 Å². The number of hydrogen-bond donors (Lipinski definition) is 1. The molecule has 6 rings (SSSR count). The highest BCUT2D eigenvalue weighted by Gasteiger charge is 2.46. The fourth-order valence-corrected chi connectivity index (χ4v) is 5.10. The number of fused-ring (bicyclic) bond motifs is 1. The van der Waals surface area contributed by atoms with E-state index in [1.54, 1.807) is 11.3 Å². The summed E-state index contributed by atoms with van der Waals surface area (Å²) in [4.78, 5) is 9.19. The highest BCUT2D eigenvalue weighted by Crippen LogP contribution is 2.45. The molecule has 0 aliphatic heterocycles. The van der Waals surface area contributed by atoms with Gasteiger partial charge in [-0.25, -0.2) is 4.98 Å². The highest BCUT2D eigenvalue weighted by molar-refractivity contribution is 7.16. The van der Waals surface area contributed by atoms with Crippen LogP contribution in [-0.2, 0) is 5.41 Å². The van der Waals surface area contributed by atoms with E-state index in [2.05, 4.69) is 51.9 Å². The van der Waals surface area contributed by atoms with Crippen molar-refractivity contribution in [2.45, 2.75) is 43.1 Å². The Balaban J connectivity index is 1.18. The van der Waals surface area contributed by atoms with Gasteiger partial charge in [-0.1, -0.05) is 41.9 Å². The molecule has 0 spiro atoms. The van der Waals surface area contributed by atoms with Gasteiger partial charge in [0.1, 0.15) is 0 Å². The Morgan fingerprint density at radius 2 is 2.03 bits per heavy atom. The van der Waals surface area contributed by atoms with Crippen molar-refractivity contribution in [3.8, 4) is 11.5 Å². The molecule has 2 atom stereocenters. The third-order valence-electron chi connectivity index (χ3n) is 6.51. The van der Waals surface area contributed by atoms with Crippen LogP contribution < -0.4 is 5.32 Å². The van der Waals surface area contributed by atoms with Crippen LogP contribution in [0.4, 0.5) is 0 Å². The van der Waals surface area contributed by atoms with Crippen LogP contribution in [0.3, 0.4) is 0 Å². The second-order valence-electron chi connectivity index (χ2n) is 8.33. The zero-order valence-corrected chi connectivity index (χ0v) is 16.9. The summed E-state index contributed by atoms with van der Waals surface area (Å²) in [5, 5.41) is 8.17. The molecule has 1 N–H and O–H groups in total. The normalized spacial score (nSPS) is 22.5. The van der Waals surface area contributed by atoms with E-state index in [1.807, 2.05) is 17.6 Å². The summed E-state index contributed by atoms with van der Waals surface area (Å²) in [7, 11) is 0. The topological polar surface area (TPSA) is 63.8 Å². The number of hydrogen-bond acceptors (Lipinski definition) is 6. The van der Waals surface area contributed by atoms with Gasteiger partial charge in [-0.15, -0.1) is 11.3 Å². The minimum atomic E-state index is 0.0102. The maximum atomic E-state index is 5.66. The van der Waals surface area contributed by atoms with Crippen LogP contribution >= 0.6 is 11.3 Å². The molecule has 2 unspecified atom stereocenters. The predicted octanol–water partition coefficient (Wildman–Crippen LogP) is 4.91. The van der Waals surface area contributed by atoms with Gasteiger partial charge in [0.2, 0.25) is 0 Å². The van der Waals surface area contributed by atoms with Crippen molar-refractivity contribution >= 4 is 21.6 Å². The van der Waals surface area contributed by atoms with Crippen molar-refractivity contribution in [1.82, 2.24) is 20.4 Å². The fourth-order valence-electron chi connectivity index (χ4n) is 4.45. The molecule has 5 nitrogen and oxygen atoms in total. The second kappa shape index (κ2) is 6.75. The fraction of sp³-hybridized carbons (Fsp3) is 0.348. The minimum Gasteiger partial charge on any atom is -0.334 e. The minimum absolute atomic E-state index is 0.0102. The molecule has 2 fully saturated rings. The van der Waals surface area contributed by atoms with Crippen molar-refractivity contribution in [3.63, 3.8) is 0 Å². The number of thiazole rings is 1. The molecule has 0 radical (unpaired) electrons. The Hall–Kier alpha value is -2.57. The van der Waals surface area contributed by atoms with Gasteiger partial charge in [0, 0.05) is 29.5 Å². The lowest BCUT2D eigenvalue weighted by atomic mass is 9.68. The second-order valence-corrected chi connectivity index (χ2v) is 9.22. The van der Waals surface area contributed by atoms with Crippen molar-refractivity contribution in [1.29, 1.82) is 0 Å². The Kier molecular flexibility index (Phi) is 4.03. The molecular formula is C23H22N4OS. The number of nitrogens with zero attached hydrogens (tertiary/aromatic N) is 3. The van der Waals surface area contributed by atoms with Crippen molar-refractivity contribution in [2.24, 2.45) is 0 Å². The zero-order valence-electron chi connectivity index (χ0n) is 16.0. The molecule has 29 heavy (non-hydrogen) atoms. The first kappa shape index (κ1) is 17.3. The lowest BCUT2D eigenvalue weighted by Gasteiger charge is -2.39. The number of nitrogens with one attached hydrogen (secondary N) is 1. The summed E-state index contributed by atoms with van der Waals surface area (Å²) < 4.78 is 6.83. The van der Waals surface area contributed by atoms with Crippen LogP contribution in [0.1, 0.15) is 43.0 Å². The molecule has 2 aromatic heterocycles. The summed E-state index contributed by atoms with van der Waals surface area (Å²) in [5.41, 5.74) is 5.23. The molecular weight excluding hydrogens is 380 g/mol. The van der Waals surface area contributed by atoms with Gasteiger partial charge in [-0.05, 0) is 43.0 Å². The molecule has 2 aromatic carbocycles. The van der Waals surface area contributed by atoms with Crippen LogP contribution in [0.5, 0.6) is 0 Å². The number of benzene rings is 2. The van der Waals surface area contributed by atoms with Crippen molar-refractivity contribution in [2.75, 3.05) is 6.54 Å². The van der Waals surface area contributed by atoms with Gasteiger partial charge in [0.05, 0.1) is 15.7 Å². The molecule has 6 heteroatoms. The van der Waals surface area contributed by atoms with Gasteiger partial charge in [0.25, 0.3) is 5.89 Å². The lowest BCUT2D eigenvalue weighted by molar-refractivity contribution is 0.211. The smallest absolute Gasteiger partial charge is 0.258 e. The van der Waals surface area contributed by atoms with Gasteiger partial charge >= 0.3 is 0 Å². The third kappa shape index (κ3) is 3.07. The molecule has 0 amide bonds. The van der Waals surface area contributed by atoms with E-state index >= 15 is 0 Å². The molecule has 146 valence electrons. The maximum absolute atomic E-state index is 5.66. The standard InChI is InChI=1S/C23H22N4OS/c1-2-5-15(6-3-1)17-12-18(17)24-13-23(9-4-10-23)22-26-21(28-27-22)16-7-8-20-19(11-16)25-14-29-20/h1-3,5-8,11,14,17-18,24H,4,9-10,12-13H2. The summed E-state index contributed by atoms with van der Waals surface area (Å²) >= 11 is 1.64. The predicted molar refractivity (Wildman–Crippen MR) is 114 cm³/mol. The van der Waals surface area contributed by atoms with E-state index in [0.29, 0.717) is 17.9 Å². The average Bonchev–Trinajstić information content (AvgIpc) is 3.11. The maximum Gasteiger partial charge on any atom is 0.258 e.